The van der Waals surface area contributed by atoms with Crippen molar-refractivity contribution in [3.05, 3.63) is 98.4 Å². The van der Waals surface area contributed by atoms with Gasteiger partial charge in [-0.2, -0.15) is 0 Å². The lowest BCUT2D eigenvalue weighted by Crippen LogP contribution is -2.15. The van der Waals surface area contributed by atoms with Gasteiger partial charge in [0, 0.05) is 20.2 Å². The molecule has 0 spiro atoms. The smallest absolute Gasteiger partial charge is 0.338 e. The molecule has 7 heteroatoms. The number of Topliss-reactive ketones (excluding diaryl/α,β-unsaturated/α-hetero) is 1. The number of ether oxygens (including phenoxy) is 1. The maximum Gasteiger partial charge on any atom is 0.338 e. The molecule has 0 radical (unpaired) electrons. The van der Waals surface area contributed by atoms with Gasteiger partial charge >= 0.3 is 5.97 Å². The van der Waals surface area contributed by atoms with Gasteiger partial charge < -0.3 is 10.1 Å². The summed E-state index contributed by atoms with van der Waals surface area (Å²) in [5.41, 5.74) is 1.79. The van der Waals surface area contributed by atoms with Crippen LogP contribution in [0, 0.1) is 0 Å². The minimum Gasteiger partial charge on any atom is -0.454 e. The molecule has 146 valence electrons. The minimum atomic E-state index is -0.612. The van der Waals surface area contributed by atoms with E-state index in [0.29, 0.717) is 21.3 Å². The fourth-order valence-corrected chi connectivity index (χ4v) is 3.20. The summed E-state index contributed by atoms with van der Waals surface area (Å²) in [5, 5.41) is 2.76. The number of amides is 1. The molecule has 3 rings (SSSR count). The summed E-state index contributed by atoms with van der Waals surface area (Å²) in [6.07, 6.45) is 0. The second-order valence-corrected chi connectivity index (χ2v) is 7.79. The standard InChI is InChI=1S/C22H15Br2NO4/c23-16-9-5-14(6-10-16)20(26)13-29-22(28)15-7-11-17(12-8-15)25-21(27)18-3-1-2-4-19(18)24/h1-12H,13H2,(H,25,27). The van der Waals surface area contributed by atoms with Crippen LogP contribution in [0.1, 0.15) is 31.1 Å². The summed E-state index contributed by atoms with van der Waals surface area (Å²) >= 11 is 6.64. The topological polar surface area (TPSA) is 72.5 Å². The van der Waals surface area contributed by atoms with Crippen LogP contribution in [0.5, 0.6) is 0 Å². The summed E-state index contributed by atoms with van der Waals surface area (Å²) in [4.78, 5) is 36.6. The molecule has 1 N–H and O–H groups in total. The van der Waals surface area contributed by atoms with Crippen LogP contribution in [0.2, 0.25) is 0 Å². The number of carbonyl (C=O) groups excluding carboxylic acids is 3. The Morgan fingerprint density at radius 2 is 1.41 bits per heavy atom. The molecule has 1 amide bonds. The largest absolute Gasteiger partial charge is 0.454 e. The highest BCUT2D eigenvalue weighted by Crippen LogP contribution is 2.18. The third-order valence-corrected chi connectivity index (χ3v) is 5.22. The van der Waals surface area contributed by atoms with E-state index in [1.807, 2.05) is 6.07 Å². The second-order valence-electron chi connectivity index (χ2n) is 6.02. The van der Waals surface area contributed by atoms with Crippen molar-refractivity contribution in [2.45, 2.75) is 0 Å². The van der Waals surface area contributed by atoms with Gasteiger partial charge in [0.25, 0.3) is 5.91 Å². The molecule has 3 aromatic carbocycles. The van der Waals surface area contributed by atoms with Gasteiger partial charge in [-0.15, -0.1) is 0 Å². The van der Waals surface area contributed by atoms with E-state index in [9.17, 15) is 14.4 Å². The summed E-state index contributed by atoms with van der Waals surface area (Å²) in [6, 6.07) is 20.1. The van der Waals surface area contributed by atoms with E-state index in [2.05, 4.69) is 37.2 Å². The number of halogens is 2. The van der Waals surface area contributed by atoms with Crippen molar-refractivity contribution in [3.63, 3.8) is 0 Å². The Labute approximate surface area is 184 Å². The predicted molar refractivity (Wildman–Crippen MR) is 117 cm³/mol. The quantitative estimate of drug-likeness (QED) is 0.346. The Morgan fingerprint density at radius 1 is 0.793 bits per heavy atom. The van der Waals surface area contributed by atoms with Gasteiger partial charge in [0.05, 0.1) is 11.1 Å². The molecule has 0 unspecified atom stereocenters. The number of nitrogens with one attached hydrogen (secondary N) is 1. The molecule has 0 aliphatic carbocycles. The molecule has 29 heavy (non-hydrogen) atoms. The zero-order valence-electron chi connectivity index (χ0n) is 15.0. The normalized spacial score (nSPS) is 10.3. The van der Waals surface area contributed by atoms with Crippen LogP contribution in [-0.2, 0) is 4.74 Å². The minimum absolute atomic E-state index is 0.270. The fourth-order valence-electron chi connectivity index (χ4n) is 2.47. The molecule has 0 saturated carbocycles. The van der Waals surface area contributed by atoms with E-state index in [-0.39, 0.29) is 23.9 Å². The molecular weight excluding hydrogens is 502 g/mol. The van der Waals surface area contributed by atoms with Gasteiger partial charge in [0.2, 0.25) is 0 Å². The number of anilines is 1. The second kappa shape index (κ2) is 9.62. The highest BCUT2D eigenvalue weighted by atomic mass is 79.9. The number of ketones is 1. The van der Waals surface area contributed by atoms with Crippen LogP contribution in [0.4, 0.5) is 5.69 Å². The molecule has 0 fully saturated rings. The lowest BCUT2D eigenvalue weighted by molar-refractivity contribution is 0.0475. The summed E-state index contributed by atoms with van der Waals surface area (Å²) in [7, 11) is 0. The van der Waals surface area contributed by atoms with Crippen molar-refractivity contribution < 1.29 is 19.1 Å². The predicted octanol–water partition coefficient (Wildman–Crippen LogP) is 5.50. The molecule has 0 aliphatic heterocycles. The SMILES string of the molecule is O=C(COC(=O)c1ccc(NC(=O)c2ccccc2Br)cc1)c1ccc(Br)cc1. The Balaban J connectivity index is 1.57. The lowest BCUT2D eigenvalue weighted by Gasteiger charge is -2.08. The zero-order valence-corrected chi connectivity index (χ0v) is 18.2. The molecule has 0 heterocycles. The number of benzene rings is 3. The molecule has 5 nitrogen and oxygen atoms in total. The van der Waals surface area contributed by atoms with Crippen molar-refractivity contribution in [2.24, 2.45) is 0 Å². The maximum atomic E-state index is 12.3. The number of carbonyl (C=O) groups is 3. The first-order valence-electron chi connectivity index (χ1n) is 8.56. The molecule has 0 aromatic heterocycles. The third-order valence-electron chi connectivity index (χ3n) is 4.00. The molecule has 0 bridgehead atoms. The van der Waals surface area contributed by atoms with Crippen molar-refractivity contribution in [1.82, 2.24) is 0 Å². The van der Waals surface area contributed by atoms with Crippen LogP contribution < -0.4 is 5.32 Å². The van der Waals surface area contributed by atoms with Gasteiger partial charge in [-0.3, -0.25) is 9.59 Å². The average molecular weight is 517 g/mol. The number of hydrogen-bond acceptors (Lipinski definition) is 4. The first kappa shape index (κ1) is 21.0. The van der Waals surface area contributed by atoms with E-state index >= 15 is 0 Å². The highest BCUT2D eigenvalue weighted by Gasteiger charge is 2.13. The van der Waals surface area contributed by atoms with Crippen LogP contribution in [0.15, 0.2) is 81.7 Å². The first-order chi connectivity index (χ1) is 13.9. The van der Waals surface area contributed by atoms with Gasteiger partial charge in [-0.25, -0.2) is 4.79 Å². The molecule has 3 aromatic rings. The van der Waals surface area contributed by atoms with E-state index in [1.54, 1.807) is 54.6 Å². The number of rotatable bonds is 6. The molecule has 0 aliphatic rings. The average Bonchev–Trinajstić information content (AvgIpc) is 2.73. The number of esters is 1. The van der Waals surface area contributed by atoms with Gasteiger partial charge in [0.15, 0.2) is 12.4 Å². The van der Waals surface area contributed by atoms with Gasteiger partial charge in [-0.05, 0) is 64.5 Å². The van der Waals surface area contributed by atoms with Crippen molar-refractivity contribution in [3.8, 4) is 0 Å². The van der Waals surface area contributed by atoms with E-state index in [1.165, 1.54) is 12.1 Å². The Morgan fingerprint density at radius 3 is 2.07 bits per heavy atom. The fraction of sp³-hybridized carbons (Fsp3) is 0.0455. The third kappa shape index (κ3) is 5.62. The first-order valence-corrected chi connectivity index (χ1v) is 10.1. The summed E-state index contributed by atoms with van der Waals surface area (Å²) in [5.74, 6) is -1.17. The van der Waals surface area contributed by atoms with Crippen molar-refractivity contribution in [1.29, 1.82) is 0 Å². The van der Waals surface area contributed by atoms with Crippen LogP contribution in [-0.4, -0.2) is 24.3 Å². The monoisotopic (exact) mass is 515 g/mol. The molecule has 0 atom stereocenters. The van der Waals surface area contributed by atoms with Crippen LogP contribution in [0.25, 0.3) is 0 Å². The van der Waals surface area contributed by atoms with Crippen molar-refractivity contribution >= 4 is 55.2 Å². The van der Waals surface area contributed by atoms with E-state index in [0.717, 1.165) is 4.47 Å². The summed E-state index contributed by atoms with van der Waals surface area (Å²) < 4.78 is 6.63. The van der Waals surface area contributed by atoms with Crippen molar-refractivity contribution in [2.75, 3.05) is 11.9 Å². The Kier molecular flexibility index (Phi) is 6.95. The van der Waals surface area contributed by atoms with Crippen LogP contribution >= 0.6 is 31.9 Å². The van der Waals surface area contributed by atoms with E-state index in [4.69, 9.17) is 4.74 Å². The van der Waals surface area contributed by atoms with Crippen LogP contribution in [0.3, 0.4) is 0 Å². The highest BCUT2D eigenvalue weighted by molar-refractivity contribution is 9.10. The van der Waals surface area contributed by atoms with E-state index < -0.39 is 5.97 Å². The Bertz CT molecular complexity index is 1050. The molecule has 0 saturated heterocycles. The summed E-state index contributed by atoms with van der Waals surface area (Å²) in [6.45, 7) is -0.346. The van der Waals surface area contributed by atoms with Gasteiger partial charge in [-0.1, -0.05) is 40.2 Å². The number of hydrogen-bond donors (Lipinski definition) is 1. The molecular formula is C22H15Br2NO4. The van der Waals surface area contributed by atoms with Gasteiger partial charge in [0.1, 0.15) is 0 Å². The lowest BCUT2D eigenvalue weighted by atomic mass is 10.1. The zero-order chi connectivity index (χ0) is 20.8. The Hall–Kier alpha value is -2.77. The maximum absolute atomic E-state index is 12.3.